The van der Waals surface area contributed by atoms with Gasteiger partial charge in [-0.05, 0) is 36.6 Å². The Kier molecular flexibility index (Phi) is 5.16. The molecule has 1 amide bonds. The molecule has 0 aliphatic heterocycles. The standard InChI is InChI=1S/C16H16N2O4S3/c1-23-9-7-18-12-6-5-11(25(2,20)21)10-14(12)24-16(18)17-15(19)13-4-3-8-22-13/h3-6,8,10H,7,9H2,1-2H3. The van der Waals surface area contributed by atoms with Crippen molar-refractivity contribution in [3.63, 3.8) is 0 Å². The Morgan fingerprint density at radius 1 is 1.36 bits per heavy atom. The summed E-state index contributed by atoms with van der Waals surface area (Å²) < 4.78 is 31.4. The minimum absolute atomic E-state index is 0.172. The number of aromatic nitrogens is 1. The summed E-state index contributed by atoms with van der Waals surface area (Å²) in [6.07, 6.45) is 4.60. The summed E-state index contributed by atoms with van der Waals surface area (Å²) in [5.74, 6) is 0.561. The largest absolute Gasteiger partial charge is 0.459 e. The van der Waals surface area contributed by atoms with Crippen LogP contribution in [-0.4, -0.2) is 37.2 Å². The molecule has 2 heterocycles. The van der Waals surface area contributed by atoms with E-state index in [2.05, 4.69) is 4.99 Å². The van der Waals surface area contributed by atoms with Crippen molar-refractivity contribution in [2.45, 2.75) is 11.4 Å². The van der Waals surface area contributed by atoms with Gasteiger partial charge in [-0.2, -0.15) is 16.8 Å². The molecule has 0 N–H and O–H groups in total. The lowest BCUT2D eigenvalue weighted by atomic mass is 10.3. The van der Waals surface area contributed by atoms with Crippen LogP contribution in [0.3, 0.4) is 0 Å². The number of nitrogens with zero attached hydrogens (tertiary/aromatic N) is 2. The minimum Gasteiger partial charge on any atom is -0.459 e. The van der Waals surface area contributed by atoms with Crippen molar-refractivity contribution < 1.29 is 17.6 Å². The highest BCUT2D eigenvalue weighted by Gasteiger charge is 2.14. The number of rotatable bonds is 5. The summed E-state index contributed by atoms with van der Waals surface area (Å²) in [6.45, 7) is 0.670. The first-order valence-electron chi connectivity index (χ1n) is 7.35. The van der Waals surface area contributed by atoms with Gasteiger partial charge in [0.25, 0.3) is 0 Å². The Balaban J connectivity index is 2.17. The van der Waals surface area contributed by atoms with Crippen molar-refractivity contribution in [3.05, 3.63) is 47.2 Å². The number of fused-ring (bicyclic) bond motifs is 1. The molecule has 0 unspecified atom stereocenters. The average molecular weight is 397 g/mol. The van der Waals surface area contributed by atoms with Crippen molar-refractivity contribution in [1.29, 1.82) is 0 Å². The SMILES string of the molecule is CSCCn1c(=NC(=O)c2ccco2)sc2cc(S(C)(=O)=O)ccc21. The highest BCUT2D eigenvalue weighted by atomic mass is 32.2. The topological polar surface area (TPSA) is 81.6 Å². The maximum absolute atomic E-state index is 12.2. The van der Waals surface area contributed by atoms with Gasteiger partial charge in [0.05, 0.1) is 21.4 Å². The van der Waals surface area contributed by atoms with Gasteiger partial charge in [0.1, 0.15) is 0 Å². The Morgan fingerprint density at radius 2 is 2.16 bits per heavy atom. The van der Waals surface area contributed by atoms with Crippen molar-refractivity contribution in [2.75, 3.05) is 18.3 Å². The molecule has 0 atom stereocenters. The van der Waals surface area contributed by atoms with Crippen LogP contribution in [0.4, 0.5) is 0 Å². The second-order valence-corrected chi connectivity index (χ2v) is 9.34. The van der Waals surface area contributed by atoms with Crippen LogP contribution in [0, 0.1) is 0 Å². The number of carbonyl (C=O) groups is 1. The van der Waals surface area contributed by atoms with Gasteiger partial charge >= 0.3 is 5.91 Å². The first-order chi connectivity index (χ1) is 11.9. The number of amides is 1. The van der Waals surface area contributed by atoms with Crippen LogP contribution in [0.1, 0.15) is 10.6 Å². The van der Waals surface area contributed by atoms with Gasteiger partial charge in [0.2, 0.25) is 0 Å². The summed E-state index contributed by atoms with van der Waals surface area (Å²) in [5, 5.41) is 0. The van der Waals surface area contributed by atoms with Gasteiger partial charge in [0.15, 0.2) is 20.4 Å². The number of thiazole rings is 1. The van der Waals surface area contributed by atoms with E-state index in [0.29, 0.717) is 11.3 Å². The van der Waals surface area contributed by atoms with Crippen LogP contribution < -0.4 is 4.80 Å². The quantitative estimate of drug-likeness (QED) is 0.662. The number of hydrogen-bond acceptors (Lipinski definition) is 6. The van der Waals surface area contributed by atoms with Gasteiger partial charge in [-0.25, -0.2) is 8.42 Å². The fourth-order valence-corrected chi connectivity index (χ4v) is 4.49. The van der Waals surface area contributed by atoms with Crippen molar-refractivity contribution >= 4 is 49.1 Å². The van der Waals surface area contributed by atoms with E-state index in [0.717, 1.165) is 16.0 Å². The fraction of sp³-hybridized carbons (Fsp3) is 0.250. The number of carbonyl (C=O) groups excluding carboxylic acids is 1. The number of furan rings is 1. The molecular weight excluding hydrogens is 380 g/mol. The van der Waals surface area contributed by atoms with E-state index in [1.54, 1.807) is 42.1 Å². The van der Waals surface area contributed by atoms with Gasteiger partial charge in [-0.15, -0.1) is 0 Å². The molecule has 6 nitrogen and oxygen atoms in total. The van der Waals surface area contributed by atoms with Crippen LogP contribution >= 0.6 is 23.1 Å². The third kappa shape index (κ3) is 3.88. The number of thioether (sulfide) groups is 1. The summed E-state index contributed by atoms with van der Waals surface area (Å²) in [4.78, 5) is 17.2. The van der Waals surface area contributed by atoms with Gasteiger partial charge < -0.3 is 8.98 Å². The third-order valence-electron chi connectivity index (χ3n) is 3.53. The molecule has 0 saturated heterocycles. The normalized spacial score (nSPS) is 12.8. The van der Waals surface area contributed by atoms with Gasteiger partial charge in [-0.3, -0.25) is 4.79 Å². The van der Waals surface area contributed by atoms with E-state index < -0.39 is 15.7 Å². The molecule has 1 aromatic carbocycles. The second-order valence-electron chi connectivity index (χ2n) is 5.33. The van der Waals surface area contributed by atoms with Crippen LogP contribution in [0.2, 0.25) is 0 Å². The first-order valence-corrected chi connectivity index (χ1v) is 11.5. The maximum atomic E-state index is 12.2. The molecule has 0 radical (unpaired) electrons. The van der Waals surface area contributed by atoms with Crippen molar-refractivity contribution in [3.8, 4) is 0 Å². The van der Waals surface area contributed by atoms with E-state index in [9.17, 15) is 13.2 Å². The molecule has 3 rings (SSSR count). The molecule has 9 heteroatoms. The van der Waals surface area contributed by atoms with E-state index in [1.165, 1.54) is 23.9 Å². The highest BCUT2D eigenvalue weighted by molar-refractivity contribution is 7.98. The molecule has 132 valence electrons. The molecular formula is C16H16N2O4S3. The third-order valence-corrected chi connectivity index (χ3v) is 6.27. The lowest BCUT2D eigenvalue weighted by Crippen LogP contribution is -2.18. The summed E-state index contributed by atoms with van der Waals surface area (Å²) in [7, 11) is -3.29. The first kappa shape index (κ1) is 18.0. The second kappa shape index (κ2) is 7.19. The molecule has 0 saturated carbocycles. The van der Waals surface area contributed by atoms with Gasteiger partial charge in [0, 0.05) is 18.6 Å². The Labute approximate surface area is 153 Å². The van der Waals surface area contributed by atoms with Crippen molar-refractivity contribution in [2.24, 2.45) is 4.99 Å². The number of benzene rings is 1. The van der Waals surface area contributed by atoms with Crippen molar-refractivity contribution in [1.82, 2.24) is 4.57 Å². The zero-order valence-electron chi connectivity index (χ0n) is 13.6. The Bertz CT molecular complexity index is 1080. The monoisotopic (exact) mass is 396 g/mol. The Morgan fingerprint density at radius 3 is 2.80 bits per heavy atom. The molecule has 0 aliphatic rings. The average Bonchev–Trinajstić information content (AvgIpc) is 3.19. The van der Waals surface area contributed by atoms with Crippen LogP contribution in [-0.2, 0) is 16.4 Å². The molecule has 2 aromatic heterocycles. The maximum Gasteiger partial charge on any atom is 0.315 e. The smallest absolute Gasteiger partial charge is 0.315 e. The van der Waals surface area contributed by atoms with E-state index >= 15 is 0 Å². The zero-order chi connectivity index (χ0) is 18.0. The lowest BCUT2D eigenvalue weighted by molar-refractivity contribution is 0.0971. The van der Waals surface area contributed by atoms with Gasteiger partial charge in [-0.1, -0.05) is 11.3 Å². The fourth-order valence-electron chi connectivity index (χ4n) is 2.31. The van der Waals surface area contributed by atoms with Crippen LogP contribution in [0.15, 0.2) is 50.9 Å². The predicted molar refractivity (Wildman–Crippen MR) is 99.9 cm³/mol. The molecule has 3 aromatic rings. The summed E-state index contributed by atoms with van der Waals surface area (Å²) in [6, 6.07) is 8.17. The lowest BCUT2D eigenvalue weighted by Gasteiger charge is -2.04. The van der Waals surface area contributed by atoms with E-state index in [-0.39, 0.29) is 10.7 Å². The Hall–Kier alpha value is -1.84. The van der Waals surface area contributed by atoms with Crippen LogP contribution in [0.5, 0.6) is 0 Å². The van der Waals surface area contributed by atoms with E-state index in [1.807, 2.05) is 10.8 Å². The summed E-state index contributed by atoms with van der Waals surface area (Å²) in [5.41, 5.74) is 0.859. The number of aryl methyl sites for hydroxylation is 1. The molecule has 0 fully saturated rings. The molecule has 0 bridgehead atoms. The highest BCUT2D eigenvalue weighted by Crippen LogP contribution is 2.22. The zero-order valence-corrected chi connectivity index (χ0v) is 16.1. The molecule has 25 heavy (non-hydrogen) atoms. The number of sulfone groups is 1. The number of hydrogen-bond donors (Lipinski definition) is 0. The molecule has 0 aliphatic carbocycles. The minimum atomic E-state index is -3.29. The predicted octanol–water partition coefficient (Wildman–Crippen LogP) is 2.80. The summed E-state index contributed by atoms with van der Waals surface area (Å²) >= 11 is 2.97. The van der Waals surface area contributed by atoms with Crippen LogP contribution in [0.25, 0.3) is 10.2 Å². The van der Waals surface area contributed by atoms with E-state index in [4.69, 9.17) is 4.42 Å². The molecule has 0 spiro atoms.